The second kappa shape index (κ2) is 6.89. The monoisotopic (exact) mass is 390 g/mol. The Labute approximate surface area is 172 Å². The number of rotatable bonds is 5. The van der Waals surface area contributed by atoms with E-state index in [-0.39, 0.29) is 5.91 Å². The van der Waals surface area contributed by atoms with Gasteiger partial charge < -0.3 is 10.6 Å². The van der Waals surface area contributed by atoms with Crippen molar-refractivity contribution >= 4 is 11.7 Å². The second-order valence-corrected chi connectivity index (χ2v) is 9.86. The Hall–Kier alpha value is -2.30. The van der Waals surface area contributed by atoms with Gasteiger partial charge in [0.25, 0.3) is 5.91 Å². The molecule has 1 amide bonds. The van der Waals surface area contributed by atoms with E-state index in [2.05, 4.69) is 15.7 Å². The fourth-order valence-corrected chi connectivity index (χ4v) is 6.55. The van der Waals surface area contributed by atoms with Crippen LogP contribution >= 0.6 is 0 Å². The second-order valence-electron chi connectivity index (χ2n) is 9.86. The number of anilines is 1. The maximum Gasteiger partial charge on any atom is 0.256 e. The molecule has 1 heterocycles. The molecule has 152 valence electrons. The minimum absolute atomic E-state index is 0.0477. The van der Waals surface area contributed by atoms with Gasteiger partial charge in [0.1, 0.15) is 11.4 Å². The molecule has 29 heavy (non-hydrogen) atoms. The number of amides is 1. The van der Waals surface area contributed by atoms with E-state index < -0.39 is 0 Å². The molecule has 4 bridgehead atoms. The first kappa shape index (κ1) is 17.5. The van der Waals surface area contributed by atoms with Crippen molar-refractivity contribution in [2.45, 2.75) is 63.5 Å². The molecule has 5 aliphatic carbocycles. The van der Waals surface area contributed by atoms with Crippen molar-refractivity contribution in [1.29, 1.82) is 0 Å². The van der Waals surface area contributed by atoms with Crippen molar-refractivity contribution in [1.82, 2.24) is 15.1 Å². The molecular formula is C24H30N4O. The molecule has 0 saturated heterocycles. The summed E-state index contributed by atoms with van der Waals surface area (Å²) in [5.41, 5.74) is 1.68. The highest BCUT2D eigenvalue weighted by Crippen LogP contribution is 2.53. The van der Waals surface area contributed by atoms with Crippen LogP contribution in [0.25, 0.3) is 5.69 Å². The average Bonchev–Trinajstić information content (AvgIpc) is 3.11. The van der Waals surface area contributed by atoms with Crippen molar-refractivity contribution in [2.24, 2.45) is 23.7 Å². The predicted octanol–water partition coefficient (Wildman–Crippen LogP) is 4.39. The molecule has 2 N–H and O–H groups in total. The van der Waals surface area contributed by atoms with Gasteiger partial charge in [-0.25, -0.2) is 4.68 Å². The van der Waals surface area contributed by atoms with E-state index >= 15 is 0 Å². The molecule has 5 aliphatic rings. The Morgan fingerprint density at radius 1 is 0.966 bits per heavy atom. The third kappa shape index (κ3) is 3.06. The van der Waals surface area contributed by atoms with E-state index in [0.29, 0.717) is 29.5 Å². The molecule has 5 fully saturated rings. The fraction of sp³-hybridized carbons (Fsp3) is 0.583. The Morgan fingerprint density at radius 2 is 1.66 bits per heavy atom. The average molecular weight is 391 g/mol. The van der Waals surface area contributed by atoms with Gasteiger partial charge in [-0.15, -0.1) is 0 Å². The number of para-hydroxylation sites is 1. The van der Waals surface area contributed by atoms with Gasteiger partial charge in [0.15, 0.2) is 0 Å². The van der Waals surface area contributed by atoms with Crippen LogP contribution in [0.1, 0.15) is 61.7 Å². The lowest BCUT2D eigenvalue weighted by molar-refractivity contribution is -0.0119. The molecule has 1 aromatic heterocycles. The van der Waals surface area contributed by atoms with Crippen LogP contribution in [0.5, 0.6) is 0 Å². The number of carbonyl (C=O) groups excluding carboxylic acids is 1. The zero-order chi connectivity index (χ0) is 19.4. The van der Waals surface area contributed by atoms with Crippen LogP contribution in [0.15, 0.2) is 36.5 Å². The normalized spacial score (nSPS) is 32.8. The Balaban J connectivity index is 1.27. The summed E-state index contributed by atoms with van der Waals surface area (Å²) in [7, 11) is 0. The van der Waals surface area contributed by atoms with E-state index in [1.165, 1.54) is 38.5 Å². The molecule has 7 rings (SSSR count). The van der Waals surface area contributed by atoms with E-state index in [1.54, 1.807) is 6.20 Å². The summed E-state index contributed by atoms with van der Waals surface area (Å²) >= 11 is 0. The summed E-state index contributed by atoms with van der Waals surface area (Å²) in [6.07, 6.45) is 12.0. The number of aromatic nitrogens is 2. The van der Waals surface area contributed by atoms with Crippen LogP contribution in [0.4, 0.5) is 5.82 Å². The highest BCUT2D eigenvalue weighted by Gasteiger charge is 2.48. The molecule has 0 atom stereocenters. The van der Waals surface area contributed by atoms with Gasteiger partial charge in [-0.05, 0) is 87.2 Å². The number of hydrogen-bond donors (Lipinski definition) is 2. The molecule has 0 unspecified atom stereocenters. The molecule has 0 spiro atoms. The van der Waals surface area contributed by atoms with Gasteiger partial charge >= 0.3 is 0 Å². The van der Waals surface area contributed by atoms with Crippen LogP contribution in [0.3, 0.4) is 0 Å². The van der Waals surface area contributed by atoms with Crippen molar-refractivity contribution in [3.05, 3.63) is 42.1 Å². The SMILES string of the molecule is O=C(NC1C2CC3CC(C2)CC1C3)c1cnn(-c2ccccc2)c1NC1CCC1. The standard InChI is InChI=1S/C24H30N4O/c29-24(27-22-17-10-15-9-16(12-17)13-18(22)11-15)21-14-25-28(20-7-2-1-3-8-20)23(21)26-19-5-4-6-19/h1-3,7-8,14-19,22,26H,4-6,9-13H2,(H,27,29). The zero-order valence-electron chi connectivity index (χ0n) is 16.9. The van der Waals surface area contributed by atoms with E-state index in [4.69, 9.17) is 0 Å². The van der Waals surface area contributed by atoms with E-state index in [0.717, 1.165) is 36.2 Å². The summed E-state index contributed by atoms with van der Waals surface area (Å²) in [4.78, 5) is 13.4. The minimum Gasteiger partial charge on any atom is -0.367 e. The highest BCUT2D eigenvalue weighted by atomic mass is 16.1. The number of hydrogen-bond acceptors (Lipinski definition) is 3. The lowest BCUT2D eigenvalue weighted by Crippen LogP contribution is -2.55. The topological polar surface area (TPSA) is 59.0 Å². The molecule has 0 radical (unpaired) electrons. The number of nitrogens with one attached hydrogen (secondary N) is 2. The summed E-state index contributed by atoms with van der Waals surface area (Å²) in [6, 6.07) is 10.9. The lowest BCUT2D eigenvalue weighted by Gasteiger charge is -2.54. The maximum atomic E-state index is 13.4. The molecule has 5 saturated carbocycles. The third-order valence-corrected chi connectivity index (χ3v) is 7.99. The quantitative estimate of drug-likeness (QED) is 0.796. The largest absolute Gasteiger partial charge is 0.367 e. The van der Waals surface area contributed by atoms with Crippen LogP contribution in [0.2, 0.25) is 0 Å². The summed E-state index contributed by atoms with van der Waals surface area (Å²) in [5, 5.41) is 11.7. The maximum absolute atomic E-state index is 13.4. The molecule has 2 aromatic rings. The summed E-state index contributed by atoms with van der Waals surface area (Å²) in [6.45, 7) is 0. The van der Waals surface area contributed by atoms with Crippen LogP contribution in [-0.4, -0.2) is 27.8 Å². The molecular weight excluding hydrogens is 360 g/mol. The molecule has 5 heteroatoms. The zero-order valence-corrected chi connectivity index (χ0v) is 16.9. The van der Waals surface area contributed by atoms with Gasteiger partial charge in [0, 0.05) is 12.1 Å². The van der Waals surface area contributed by atoms with Gasteiger partial charge in [-0.2, -0.15) is 5.10 Å². The first-order chi connectivity index (χ1) is 14.2. The van der Waals surface area contributed by atoms with Gasteiger partial charge in [0.05, 0.1) is 11.9 Å². The smallest absolute Gasteiger partial charge is 0.256 e. The van der Waals surface area contributed by atoms with Crippen molar-refractivity contribution in [2.75, 3.05) is 5.32 Å². The van der Waals surface area contributed by atoms with Crippen molar-refractivity contribution in [3.63, 3.8) is 0 Å². The Kier molecular flexibility index (Phi) is 4.17. The van der Waals surface area contributed by atoms with Crippen LogP contribution in [0, 0.1) is 23.7 Å². The molecule has 5 nitrogen and oxygen atoms in total. The first-order valence-corrected chi connectivity index (χ1v) is 11.5. The van der Waals surface area contributed by atoms with Crippen LogP contribution < -0.4 is 10.6 Å². The predicted molar refractivity (Wildman–Crippen MR) is 113 cm³/mol. The minimum atomic E-state index is 0.0477. The highest BCUT2D eigenvalue weighted by molar-refractivity contribution is 5.99. The van der Waals surface area contributed by atoms with Gasteiger partial charge in [0.2, 0.25) is 0 Å². The number of carbonyl (C=O) groups is 1. The van der Waals surface area contributed by atoms with Gasteiger partial charge in [-0.1, -0.05) is 18.2 Å². The Morgan fingerprint density at radius 3 is 2.28 bits per heavy atom. The van der Waals surface area contributed by atoms with E-state index in [9.17, 15) is 4.79 Å². The molecule has 0 aliphatic heterocycles. The van der Waals surface area contributed by atoms with Gasteiger partial charge in [-0.3, -0.25) is 4.79 Å². The molecule has 1 aromatic carbocycles. The summed E-state index contributed by atoms with van der Waals surface area (Å²) in [5.74, 6) is 4.10. The van der Waals surface area contributed by atoms with Crippen LogP contribution in [-0.2, 0) is 0 Å². The van der Waals surface area contributed by atoms with E-state index in [1.807, 2.05) is 35.0 Å². The fourth-order valence-electron chi connectivity index (χ4n) is 6.55. The third-order valence-electron chi connectivity index (χ3n) is 7.99. The number of nitrogens with zero attached hydrogens (tertiary/aromatic N) is 2. The summed E-state index contributed by atoms with van der Waals surface area (Å²) < 4.78 is 1.89. The number of benzene rings is 1. The Bertz CT molecular complexity index is 873. The van der Waals surface area contributed by atoms with Crippen molar-refractivity contribution < 1.29 is 4.79 Å². The lowest BCUT2D eigenvalue weighted by atomic mass is 9.54. The first-order valence-electron chi connectivity index (χ1n) is 11.5. The van der Waals surface area contributed by atoms with Crippen molar-refractivity contribution in [3.8, 4) is 5.69 Å².